The summed E-state index contributed by atoms with van der Waals surface area (Å²) in [4.78, 5) is 13.6. The highest BCUT2D eigenvalue weighted by molar-refractivity contribution is 5.55. The molecule has 3 aromatic heterocycles. The lowest BCUT2D eigenvalue weighted by Gasteiger charge is -2.32. The van der Waals surface area contributed by atoms with Crippen molar-refractivity contribution in [3.05, 3.63) is 59.8 Å². The Morgan fingerprint density at radius 1 is 1.10 bits per heavy atom. The third-order valence-corrected chi connectivity index (χ3v) is 5.94. The number of rotatable bonds is 4. The fourth-order valence-corrected chi connectivity index (χ4v) is 3.97. The molecule has 1 aliphatic carbocycles. The van der Waals surface area contributed by atoms with E-state index in [1.807, 2.05) is 48.1 Å². The average molecular weight is 422 g/mol. The number of aliphatic hydroxyl groups is 2. The third kappa shape index (κ3) is 4.78. The van der Waals surface area contributed by atoms with Crippen LogP contribution in [0.5, 0.6) is 0 Å². The molecule has 0 radical (unpaired) electrons. The second-order valence-electron chi connectivity index (χ2n) is 9.62. The van der Waals surface area contributed by atoms with Crippen LogP contribution in [-0.2, 0) is 11.0 Å². The molecule has 0 bridgehead atoms. The first-order valence-corrected chi connectivity index (χ1v) is 10.8. The fraction of sp³-hybridized carbons (Fsp3) is 0.458. The van der Waals surface area contributed by atoms with E-state index in [2.05, 4.69) is 36.1 Å². The van der Waals surface area contributed by atoms with Crippen molar-refractivity contribution in [1.82, 2.24) is 19.5 Å². The average Bonchev–Trinajstić information content (AvgIpc) is 3.21. The Bertz CT molecular complexity index is 1060. The van der Waals surface area contributed by atoms with Crippen molar-refractivity contribution in [3.63, 3.8) is 0 Å². The summed E-state index contributed by atoms with van der Waals surface area (Å²) >= 11 is 0. The molecular weight excluding hydrogens is 390 g/mol. The summed E-state index contributed by atoms with van der Waals surface area (Å²) in [5.74, 6) is 2.16. The molecule has 0 spiro atoms. The minimum Gasteiger partial charge on any atom is -0.393 e. The number of nitrogens with zero attached hydrogens (tertiary/aromatic N) is 4. The summed E-state index contributed by atoms with van der Waals surface area (Å²) in [5.41, 5.74) is 1.91. The molecule has 0 aromatic carbocycles. The summed E-state index contributed by atoms with van der Waals surface area (Å²) in [6.45, 7) is 8.54. The molecule has 1 fully saturated rings. The van der Waals surface area contributed by atoms with Gasteiger partial charge in [0.15, 0.2) is 0 Å². The van der Waals surface area contributed by atoms with E-state index < -0.39 is 5.60 Å². The van der Waals surface area contributed by atoms with E-state index in [4.69, 9.17) is 4.98 Å². The first-order valence-electron chi connectivity index (χ1n) is 10.8. The van der Waals surface area contributed by atoms with E-state index in [1.54, 1.807) is 6.33 Å². The second kappa shape index (κ2) is 8.05. The molecule has 1 aliphatic rings. The number of aryl methyl sites for hydroxylation is 1. The smallest absolute Gasteiger partial charge is 0.140 e. The molecule has 0 atom stereocenters. The molecule has 3 aromatic rings. The van der Waals surface area contributed by atoms with Gasteiger partial charge < -0.3 is 15.5 Å². The first-order chi connectivity index (χ1) is 14.6. The van der Waals surface area contributed by atoms with Gasteiger partial charge in [-0.2, -0.15) is 0 Å². The molecule has 0 aliphatic heterocycles. The first kappa shape index (κ1) is 21.5. The maximum Gasteiger partial charge on any atom is 0.140 e. The van der Waals surface area contributed by atoms with Gasteiger partial charge in [0.2, 0.25) is 0 Å². The molecule has 164 valence electrons. The van der Waals surface area contributed by atoms with Gasteiger partial charge in [0.05, 0.1) is 11.8 Å². The van der Waals surface area contributed by atoms with Crippen LogP contribution in [0.1, 0.15) is 63.3 Å². The zero-order valence-corrected chi connectivity index (χ0v) is 18.6. The Labute approximate surface area is 183 Å². The molecule has 0 unspecified atom stereocenters. The van der Waals surface area contributed by atoms with Crippen molar-refractivity contribution in [3.8, 4) is 5.82 Å². The quantitative estimate of drug-likeness (QED) is 0.586. The van der Waals surface area contributed by atoms with Crippen LogP contribution in [0.2, 0.25) is 0 Å². The molecule has 7 heteroatoms. The molecule has 0 saturated heterocycles. The van der Waals surface area contributed by atoms with Crippen LogP contribution >= 0.6 is 0 Å². The van der Waals surface area contributed by atoms with Crippen LogP contribution < -0.4 is 5.32 Å². The van der Waals surface area contributed by atoms with Gasteiger partial charge in [-0.25, -0.2) is 15.0 Å². The molecule has 31 heavy (non-hydrogen) atoms. The minimum absolute atomic E-state index is 0.0349. The highest BCUT2D eigenvalue weighted by atomic mass is 16.3. The predicted molar refractivity (Wildman–Crippen MR) is 121 cm³/mol. The number of anilines is 2. The highest BCUT2D eigenvalue weighted by Crippen LogP contribution is 2.36. The predicted octanol–water partition coefficient (Wildman–Crippen LogP) is 4.13. The van der Waals surface area contributed by atoms with Crippen molar-refractivity contribution in [2.75, 3.05) is 5.32 Å². The van der Waals surface area contributed by atoms with E-state index in [-0.39, 0.29) is 11.5 Å². The minimum atomic E-state index is -0.993. The van der Waals surface area contributed by atoms with Gasteiger partial charge in [0.1, 0.15) is 29.4 Å². The number of pyridine rings is 2. The van der Waals surface area contributed by atoms with Crippen molar-refractivity contribution in [2.24, 2.45) is 0 Å². The Balaban J connectivity index is 1.59. The van der Waals surface area contributed by atoms with Crippen molar-refractivity contribution in [1.29, 1.82) is 0 Å². The van der Waals surface area contributed by atoms with Gasteiger partial charge in [-0.15, -0.1) is 0 Å². The molecular formula is C24H31N5O2. The molecule has 7 nitrogen and oxygen atoms in total. The second-order valence-corrected chi connectivity index (χ2v) is 9.62. The Morgan fingerprint density at radius 3 is 2.55 bits per heavy atom. The summed E-state index contributed by atoms with van der Waals surface area (Å²) in [6.07, 6.45) is 7.18. The van der Waals surface area contributed by atoms with Crippen LogP contribution in [-0.4, -0.2) is 35.8 Å². The van der Waals surface area contributed by atoms with E-state index in [9.17, 15) is 10.2 Å². The van der Waals surface area contributed by atoms with Crippen molar-refractivity contribution in [2.45, 2.75) is 70.5 Å². The lowest BCUT2D eigenvalue weighted by atomic mass is 9.81. The maximum atomic E-state index is 11.0. The van der Waals surface area contributed by atoms with E-state index in [1.165, 1.54) is 5.56 Å². The molecule has 3 N–H and O–H groups in total. The number of hydrogen-bond donors (Lipinski definition) is 3. The van der Waals surface area contributed by atoms with Gasteiger partial charge in [-0.1, -0.05) is 20.8 Å². The largest absolute Gasteiger partial charge is 0.393 e. The fourth-order valence-electron chi connectivity index (χ4n) is 3.97. The Morgan fingerprint density at radius 2 is 1.84 bits per heavy atom. The molecule has 1 saturated carbocycles. The highest BCUT2D eigenvalue weighted by Gasteiger charge is 2.36. The van der Waals surface area contributed by atoms with Crippen LogP contribution in [0.3, 0.4) is 0 Å². The molecule has 4 rings (SSSR count). The van der Waals surface area contributed by atoms with Gasteiger partial charge in [0, 0.05) is 12.4 Å². The van der Waals surface area contributed by atoms with Crippen LogP contribution in [0.15, 0.2) is 43.0 Å². The van der Waals surface area contributed by atoms with Crippen molar-refractivity contribution >= 4 is 11.6 Å². The zero-order chi connectivity index (χ0) is 22.2. The number of hydrogen-bond acceptors (Lipinski definition) is 6. The molecule has 3 heterocycles. The maximum absolute atomic E-state index is 11.0. The number of aromatic nitrogens is 4. The summed E-state index contributed by atoms with van der Waals surface area (Å²) < 4.78 is 1.83. The normalized spacial score (nSPS) is 21.8. The summed E-state index contributed by atoms with van der Waals surface area (Å²) in [6, 6.07) is 8.03. The number of aliphatic hydroxyl groups excluding tert-OH is 1. The van der Waals surface area contributed by atoms with Gasteiger partial charge in [0.25, 0.3) is 0 Å². The lowest BCUT2D eigenvalue weighted by Crippen LogP contribution is -2.33. The summed E-state index contributed by atoms with van der Waals surface area (Å²) in [7, 11) is 0. The number of nitrogens with one attached hydrogen (secondary N) is 1. The monoisotopic (exact) mass is 421 g/mol. The van der Waals surface area contributed by atoms with Crippen LogP contribution in [0, 0.1) is 6.92 Å². The Hall–Kier alpha value is -2.77. The third-order valence-electron chi connectivity index (χ3n) is 5.94. The number of imidazole rings is 1. The van der Waals surface area contributed by atoms with Crippen LogP contribution in [0.25, 0.3) is 5.82 Å². The van der Waals surface area contributed by atoms with Gasteiger partial charge in [-0.05, 0) is 73.4 Å². The summed E-state index contributed by atoms with van der Waals surface area (Å²) in [5, 5.41) is 24.1. The Kier molecular flexibility index (Phi) is 5.58. The van der Waals surface area contributed by atoms with Gasteiger partial charge >= 0.3 is 0 Å². The van der Waals surface area contributed by atoms with Crippen molar-refractivity contribution < 1.29 is 10.2 Å². The SMILES string of the molecule is Cc1cc(Nc2cc(C(C)(C)C)ccn2)nc(-n2cnc(C3(O)CCC(O)CC3)c2)c1. The zero-order valence-electron chi connectivity index (χ0n) is 18.6. The topological polar surface area (TPSA) is 96.1 Å². The van der Waals surface area contributed by atoms with E-state index in [0.29, 0.717) is 43.0 Å². The standard InChI is InChI=1S/C24H31N5O2/c1-16-11-21(27-20-13-17(7-10-25-20)23(2,3)4)28-22(12-16)29-14-19(26-15-29)24(31)8-5-18(30)6-9-24/h7,10-15,18,30-31H,5-6,8-9H2,1-4H3,(H,25,27,28). The van der Waals surface area contributed by atoms with Gasteiger partial charge in [-0.3, -0.25) is 4.57 Å². The molecule has 0 amide bonds. The van der Waals surface area contributed by atoms with Crippen LogP contribution in [0.4, 0.5) is 11.6 Å². The van der Waals surface area contributed by atoms with E-state index >= 15 is 0 Å². The van der Waals surface area contributed by atoms with E-state index in [0.717, 1.165) is 11.4 Å². The lowest BCUT2D eigenvalue weighted by molar-refractivity contribution is -0.0389.